The van der Waals surface area contributed by atoms with Crippen molar-refractivity contribution in [2.24, 2.45) is 0 Å². The van der Waals surface area contributed by atoms with E-state index in [0.29, 0.717) is 0 Å². The molecule has 1 aliphatic rings. The van der Waals surface area contributed by atoms with Gasteiger partial charge in [0.1, 0.15) is 5.82 Å². The van der Waals surface area contributed by atoms with Gasteiger partial charge in [0, 0.05) is 38.6 Å². The normalized spacial score (nSPS) is 15.6. The molecule has 0 unspecified atom stereocenters. The van der Waals surface area contributed by atoms with Crippen molar-refractivity contribution in [3.8, 4) is 0 Å². The van der Waals surface area contributed by atoms with Crippen LogP contribution in [0, 0.1) is 6.92 Å². The predicted octanol–water partition coefficient (Wildman–Crippen LogP) is 0.902. The van der Waals surface area contributed by atoms with Crippen molar-refractivity contribution in [2.75, 3.05) is 36.0 Å². The largest absolute Gasteiger partial charge is 0.352 e. The molecule has 2 aromatic rings. The Morgan fingerprint density at radius 1 is 0.895 bits per heavy atom. The maximum Gasteiger partial charge on any atom is 0.151 e. The van der Waals surface area contributed by atoms with Gasteiger partial charge in [0.05, 0.1) is 11.9 Å². The molecule has 3 rings (SSSR count). The highest BCUT2D eigenvalue weighted by atomic mass is 15.3. The number of nitrogens with zero attached hydrogens (tertiary/aromatic N) is 6. The molecule has 1 aliphatic heterocycles. The van der Waals surface area contributed by atoms with E-state index >= 15 is 0 Å². The Labute approximate surface area is 112 Å². The summed E-state index contributed by atoms with van der Waals surface area (Å²) < 4.78 is 0. The smallest absolute Gasteiger partial charge is 0.151 e. The quantitative estimate of drug-likeness (QED) is 0.795. The Bertz CT molecular complexity index is 519. The first-order chi connectivity index (χ1) is 9.33. The second kappa shape index (κ2) is 5.17. The molecule has 3 heterocycles. The molecule has 1 fully saturated rings. The first-order valence-corrected chi connectivity index (χ1v) is 6.39. The molecule has 0 aromatic carbocycles. The van der Waals surface area contributed by atoms with E-state index < -0.39 is 0 Å². The van der Waals surface area contributed by atoms with Gasteiger partial charge in [0.2, 0.25) is 0 Å². The lowest BCUT2D eigenvalue weighted by Crippen LogP contribution is -2.47. The Kier molecular flexibility index (Phi) is 3.22. The highest BCUT2D eigenvalue weighted by Crippen LogP contribution is 2.16. The average Bonchev–Trinajstić information content (AvgIpc) is 2.49. The van der Waals surface area contributed by atoms with Crippen LogP contribution in [-0.4, -0.2) is 46.3 Å². The van der Waals surface area contributed by atoms with Gasteiger partial charge < -0.3 is 9.80 Å². The van der Waals surface area contributed by atoms with Crippen LogP contribution in [0.4, 0.5) is 11.6 Å². The van der Waals surface area contributed by atoms with Crippen LogP contribution in [0.2, 0.25) is 0 Å². The molecule has 2 aromatic heterocycles. The van der Waals surface area contributed by atoms with E-state index in [1.54, 1.807) is 18.6 Å². The van der Waals surface area contributed by atoms with Crippen LogP contribution in [0.3, 0.4) is 0 Å². The lowest BCUT2D eigenvalue weighted by molar-refractivity contribution is 0.636. The number of aryl methyl sites for hydroxylation is 1. The van der Waals surface area contributed by atoms with Crippen LogP contribution in [0.15, 0.2) is 30.7 Å². The maximum atomic E-state index is 4.33. The lowest BCUT2D eigenvalue weighted by atomic mass is 10.3. The summed E-state index contributed by atoms with van der Waals surface area (Å²) in [6.07, 6.45) is 5.23. The van der Waals surface area contributed by atoms with E-state index in [4.69, 9.17) is 0 Å². The van der Waals surface area contributed by atoms with Crippen molar-refractivity contribution in [1.82, 2.24) is 20.2 Å². The molecule has 1 saturated heterocycles. The molecule has 0 amide bonds. The first-order valence-electron chi connectivity index (χ1n) is 6.39. The predicted molar refractivity (Wildman–Crippen MR) is 73.2 cm³/mol. The minimum absolute atomic E-state index is 0.925. The fourth-order valence-electron chi connectivity index (χ4n) is 2.18. The van der Waals surface area contributed by atoms with Crippen LogP contribution >= 0.6 is 0 Å². The van der Waals surface area contributed by atoms with Gasteiger partial charge in [-0.1, -0.05) is 0 Å². The summed E-state index contributed by atoms with van der Waals surface area (Å²) in [5.41, 5.74) is 0.946. The summed E-state index contributed by atoms with van der Waals surface area (Å²) in [6.45, 7) is 5.65. The molecule has 0 radical (unpaired) electrons. The number of rotatable bonds is 2. The number of aromatic nitrogens is 4. The topological polar surface area (TPSA) is 58.0 Å². The summed E-state index contributed by atoms with van der Waals surface area (Å²) in [5, 5.41) is 8.33. The van der Waals surface area contributed by atoms with Gasteiger partial charge in [0.25, 0.3) is 0 Å². The Morgan fingerprint density at radius 2 is 1.63 bits per heavy atom. The number of anilines is 2. The molecule has 0 atom stereocenters. The van der Waals surface area contributed by atoms with Gasteiger partial charge in [-0.05, 0) is 19.1 Å². The fourth-order valence-corrected chi connectivity index (χ4v) is 2.18. The van der Waals surface area contributed by atoms with Crippen LogP contribution in [0.25, 0.3) is 0 Å². The molecular formula is C13H16N6. The summed E-state index contributed by atoms with van der Waals surface area (Å²) >= 11 is 0. The van der Waals surface area contributed by atoms with E-state index in [2.05, 4.69) is 30.0 Å². The van der Waals surface area contributed by atoms with Crippen LogP contribution in [0.5, 0.6) is 0 Å². The van der Waals surface area contributed by atoms with Crippen molar-refractivity contribution in [3.63, 3.8) is 0 Å². The molecule has 0 aliphatic carbocycles. The number of piperazine rings is 1. The standard InChI is InChI=1S/C13H16N6/c1-11-2-3-12(17-16-11)18-6-8-19(9-7-18)13-10-14-4-5-15-13/h2-5,10H,6-9H2,1H3. The summed E-state index contributed by atoms with van der Waals surface area (Å²) in [4.78, 5) is 12.9. The summed E-state index contributed by atoms with van der Waals surface area (Å²) in [7, 11) is 0. The average molecular weight is 256 g/mol. The van der Waals surface area contributed by atoms with Gasteiger partial charge in [-0.25, -0.2) is 4.98 Å². The lowest BCUT2D eigenvalue weighted by Gasteiger charge is -2.35. The van der Waals surface area contributed by atoms with Gasteiger partial charge in [-0.3, -0.25) is 4.98 Å². The van der Waals surface area contributed by atoms with Gasteiger partial charge in [0.15, 0.2) is 5.82 Å². The Hall–Kier alpha value is -2.24. The third-order valence-electron chi connectivity index (χ3n) is 3.26. The van der Waals surface area contributed by atoms with E-state index in [9.17, 15) is 0 Å². The van der Waals surface area contributed by atoms with Gasteiger partial charge in [-0.2, -0.15) is 5.10 Å². The second-order valence-corrected chi connectivity index (χ2v) is 4.57. The maximum absolute atomic E-state index is 4.33. The van der Waals surface area contributed by atoms with Crippen molar-refractivity contribution in [3.05, 3.63) is 36.4 Å². The zero-order valence-corrected chi connectivity index (χ0v) is 10.9. The van der Waals surface area contributed by atoms with Gasteiger partial charge >= 0.3 is 0 Å². The van der Waals surface area contributed by atoms with E-state index in [0.717, 1.165) is 43.5 Å². The van der Waals surface area contributed by atoms with Crippen molar-refractivity contribution < 1.29 is 0 Å². The number of hydrogen-bond acceptors (Lipinski definition) is 6. The minimum Gasteiger partial charge on any atom is -0.352 e. The monoisotopic (exact) mass is 256 g/mol. The fraction of sp³-hybridized carbons (Fsp3) is 0.385. The first kappa shape index (κ1) is 11.8. The molecule has 6 nitrogen and oxygen atoms in total. The highest BCUT2D eigenvalue weighted by molar-refractivity contribution is 5.43. The van der Waals surface area contributed by atoms with E-state index in [1.165, 1.54) is 0 Å². The van der Waals surface area contributed by atoms with Crippen molar-refractivity contribution >= 4 is 11.6 Å². The van der Waals surface area contributed by atoms with Crippen molar-refractivity contribution in [1.29, 1.82) is 0 Å². The summed E-state index contributed by atoms with van der Waals surface area (Å²) in [6, 6.07) is 4.03. The molecule has 6 heteroatoms. The Morgan fingerprint density at radius 3 is 2.21 bits per heavy atom. The molecule has 19 heavy (non-hydrogen) atoms. The number of hydrogen-bond donors (Lipinski definition) is 0. The van der Waals surface area contributed by atoms with Gasteiger partial charge in [-0.15, -0.1) is 5.10 Å². The van der Waals surface area contributed by atoms with Crippen molar-refractivity contribution in [2.45, 2.75) is 6.92 Å². The Balaban J connectivity index is 1.65. The third kappa shape index (κ3) is 2.62. The van der Waals surface area contributed by atoms with E-state index in [-0.39, 0.29) is 0 Å². The second-order valence-electron chi connectivity index (χ2n) is 4.57. The molecular weight excluding hydrogens is 240 g/mol. The zero-order valence-electron chi connectivity index (χ0n) is 10.9. The molecule has 0 saturated carbocycles. The molecule has 0 spiro atoms. The highest BCUT2D eigenvalue weighted by Gasteiger charge is 2.19. The summed E-state index contributed by atoms with van der Waals surface area (Å²) in [5.74, 6) is 1.89. The minimum atomic E-state index is 0.925. The third-order valence-corrected chi connectivity index (χ3v) is 3.26. The zero-order chi connectivity index (χ0) is 13.1. The van der Waals surface area contributed by atoms with Crippen LogP contribution < -0.4 is 9.80 Å². The SMILES string of the molecule is Cc1ccc(N2CCN(c3cnccn3)CC2)nn1. The van der Waals surface area contributed by atoms with Crippen LogP contribution in [-0.2, 0) is 0 Å². The van der Waals surface area contributed by atoms with Crippen LogP contribution in [0.1, 0.15) is 5.69 Å². The molecule has 0 N–H and O–H groups in total. The molecule has 98 valence electrons. The van der Waals surface area contributed by atoms with E-state index in [1.807, 2.05) is 19.1 Å². The molecule has 0 bridgehead atoms.